The van der Waals surface area contributed by atoms with E-state index in [9.17, 15) is 8.42 Å². The van der Waals surface area contributed by atoms with Crippen molar-refractivity contribution in [3.05, 3.63) is 64.1 Å². The summed E-state index contributed by atoms with van der Waals surface area (Å²) < 4.78 is 32.8. The minimum Gasteiger partial charge on any atom is -0.481 e. The molecule has 0 atom stereocenters. The molecule has 8 heteroatoms. The van der Waals surface area contributed by atoms with Gasteiger partial charge in [-0.3, -0.25) is 0 Å². The first kappa shape index (κ1) is 17.9. The molecule has 0 radical (unpaired) electrons. The molecule has 1 heterocycles. The molecule has 0 fully saturated rings. The lowest BCUT2D eigenvalue weighted by Gasteiger charge is -2.10. The van der Waals surface area contributed by atoms with E-state index in [1.807, 2.05) is 0 Å². The fourth-order valence-corrected chi connectivity index (χ4v) is 3.81. The van der Waals surface area contributed by atoms with Crippen LogP contribution in [0.15, 0.2) is 53.4 Å². The number of aromatic nitrogens is 1. The maximum absolute atomic E-state index is 12.6. The van der Waals surface area contributed by atoms with E-state index >= 15 is 0 Å². The second-order valence-corrected chi connectivity index (χ2v) is 7.89. The first-order valence-electron chi connectivity index (χ1n) is 7.27. The number of pyridine rings is 1. The Morgan fingerprint density at radius 2 is 1.80 bits per heavy atom. The summed E-state index contributed by atoms with van der Waals surface area (Å²) >= 11 is 12.0. The molecule has 0 saturated carbocycles. The van der Waals surface area contributed by atoms with Gasteiger partial charge in [-0.1, -0.05) is 35.3 Å². The van der Waals surface area contributed by atoms with Gasteiger partial charge in [0.2, 0.25) is 15.9 Å². The van der Waals surface area contributed by atoms with Crippen LogP contribution in [0, 0.1) is 0 Å². The van der Waals surface area contributed by atoms with Crippen LogP contribution in [-0.2, 0) is 16.6 Å². The lowest BCUT2D eigenvalue weighted by Crippen LogP contribution is -2.23. The van der Waals surface area contributed by atoms with E-state index in [0.717, 1.165) is 5.56 Å². The number of nitrogens with one attached hydrogen (secondary N) is 1. The van der Waals surface area contributed by atoms with Crippen LogP contribution in [0.25, 0.3) is 10.9 Å². The molecule has 3 rings (SSSR count). The predicted molar refractivity (Wildman–Crippen MR) is 98.8 cm³/mol. The molecule has 25 heavy (non-hydrogen) atoms. The minimum absolute atomic E-state index is 0.0414. The number of fused-ring (bicyclic) bond motifs is 1. The highest BCUT2D eigenvalue weighted by atomic mass is 35.5. The van der Waals surface area contributed by atoms with Crippen LogP contribution in [0.5, 0.6) is 5.88 Å². The molecule has 0 aliphatic heterocycles. The van der Waals surface area contributed by atoms with Crippen LogP contribution in [0.4, 0.5) is 0 Å². The molecule has 0 aliphatic rings. The van der Waals surface area contributed by atoms with Crippen LogP contribution in [-0.4, -0.2) is 20.5 Å². The molecule has 5 nitrogen and oxygen atoms in total. The molecule has 130 valence electrons. The summed E-state index contributed by atoms with van der Waals surface area (Å²) in [5.74, 6) is 0.382. The van der Waals surface area contributed by atoms with Gasteiger partial charge in [0.15, 0.2) is 0 Å². The fraction of sp³-hybridized carbons (Fsp3) is 0.118. The van der Waals surface area contributed by atoms with Gasteiger partial charge in [0.25, 0.3) is 0 Å². The Balaban J connectivity index is 1.91. The Morgan fingerprint density at radius 3 is 2.48 bits per heavy atom. The van der Waals surface area contributed by atoms with E-state index in [1.165, 1.54) is 19.2 Å². The quantitative estimate of drug-likeness (QED) is 0.706. The number of ether oxygens (including phenoxy) is 1. The monoisotopic (exact) mass is 396 g/mol. The third kappa shape index (κ3) is 4.04. The van der Waals surface area contributed by atoms with E-state index < -0.39 is 10.0 Å². The zero-order chi connectivity index (χ0) is 18.0. The number of hydrogen-bond acceptors (Lipinski definition) is 4. The Hall–Kier alpha value is -1.86. The fourth-order valence-electron chi connectivity index (χ4n) is 2.28. The van der Waals surface area contributed by atoms with Gasteiger partial charge in [0, 0.05) is 23.0 Å². The van der Waals surface area contributed by atoms with Crippen molar-refractivity contribution in [2.75, 3.05) is 7.11 Å². The smallest absolute Gasteiger partial charge is 0.240 e. The molecule has 1 N–H and O–H groups in total. The lowest BCUT2D eigenvalue weighted by molar-refractivity contribution is 0.399. The molecule has 0 aliphatic carbocycles. The third-order valence-corrected chi connectivity index (χ3v) is 5.55. The number of halogens is 2. The molecule has 0 amide bonds. The highest BCUT2D eigenvalue weighted by Gasteiger charge is 2.17. The maximum atomic E-state index is 12.6. The summed E-state index contributed by atoms with van der Waals surface area (Å²) in [4.78, 5) is 4.28. The average Bonchev–Trinajstić information content (AvgIpc) is 2.60. The van der Waals surface area contributed by atoms with E-state index in [2.05, 4.69) is 9.71 Å². The summed E-state index contributed by atoms with van der Waals surface area (Å²) in [6, 6.07) is 13.2. The first-order valence-corrected chi connectivity index (χ1v) is 9.51. The van der Waals surface area contributed by atoms with E-state index in [0.29, 0.717) is 26.8 Å². The van der Waals surface area contributed by atoms with Gasteiger partial charge in [-0.2, -0.15) is 0 Å². The van der Waals surface area contributed by atoms with Gasteiger partial charge in [-0.05, 0) is 35.9 Å². The van der Waals surface area contributed by atoms with Crippen molar-refractivity contribution >= 4 is 44.1 Å². The normalized spacial score (nSPS) is 11.6. The number of rotatable bonds is 5. The average molecular weight is 397 g/mol. The largest absolute Gasteiger partial charge is 0.481 e. The Kier molecular flexibility index (Phi) is 5.15. The highest BCUT2D eigenvalue weighted by molar-refractivity contribution is 7.89. The van der Waals surface area contributed by atoms with E-state index in [4.69, 9.17) is 27.9 Å². The SMILES string of the molecule is COc1ccc2c(Cl)cc(S(=O)(=O)NCc3ccc(Cl)cc3)cc2n1. The number of nitrogens with zero attached hydrogens (tertiary/aromatic N) is 1. The van der Waals surface area contributed by atoms with Crippen LogP contribution in [0.2, 0.25) is 10.0 Å². The molecule has 0 spiro atoms. The van der Waals surface area contributed by atoms with Crippen LogP contribution < -0.4 is 9.46 Å². The van der Waals surface area contributed by atoms with Crippen molar-refractivity contribution in [1.82, 2.24) is 9.71 Å². The second-order valence-electron chi connectivity index (χ2n) is 5.28. The minimum atomic E-state index is -3.75. The predicted octanol–water partition coefficient (Wildman–Crippen LogP) is 4.03. The van der Waals surface area contributed by atoms with Gasteiger partial charge in [0.1, 0.15) is 0 Å². The summed E-state index contributed by atoms with van der Waals surface area (Å²) in [6.45, 7) is 0.140. The lowest BCUT2D eigenvalue weighted by atomic mass is 10.2. The van der Waals surface area contributed by atoms with E-state index in [-0.39, 0.29) is 11.4 Å². The Labute approximate surface area is 155 Å². The number of hydrogen-bond donors (Lipinski definition) is 1. The molecular formula is C17H14Cl2N2O3S. The van der Waals surface area contributed by atoms with Gasteiger partial charge in [-0.25, -0.2) is 18.1 Å². The second kappa shape index (κ2) is 7.17. The number of benzene rings is 2. The van der Waals surface area contributed by atoms with Crippen molar-refractivity contribution in [3.8, 4) is 5.88 Å². The van der Waals surface area contributed by atoms with E-state index in [1.54, 1.807) is 36.4 Å². The van der Waals surface area contributed by atoms with Crippen LogP contribution in [0.3, 0.4) is 0 Å². The topological polar surface area (TPSA) is 68.3 Å². The van der Waals surface area contributed by atoms with Crippen molar-refractivity contribution in [2.45, 2.75) is 11.4 Å². The van der Waals surface area contributed by atoms with Crippen molar-refractivity contribution in [2.24, 2.45) is 0 Å². The molecule has 0 unspecified atom stereocenters. The summed E-state index contributed by atoms with van der Waals surface area (Å²) in [5, 5.41) is 1.55. The van der Waals surface area contributed by atoms with Crippen molar-refractivity contribution < 1.29 is 13.2 Å². The van der Waals surface area contributed by atoms with Crippen molar-refractivity contribution in [3.63, 3.8) is 0 Å². The molecule has 3 aromatic rings. The molecule has 2 aromatic carbocycles. The first-order chi connectivity index (χ1) is 11.9. The van der Waals surface area contributed by atoms with Gasteiger partial charge in [-0.15, -0.1) is 0 Å². The summed E-state index contributed by atoms with van der Waals surface area (Å²) in [5.41, 5.74) is 1.23. The van der Waals surface area contributed by atoms with Crippen molar-refractivity contribution in [1.29, 1.82) is 0 Å². The zero-order valence-corrected chi connectivity index (χ0v) is 15.5. The van der Waals surface area contributed by atoms with Gasteiger partial charge >= 0.3 is 0 Å². The number of methoxy groups -OCH3 is 1. The molecule has 0 bridgehead atoms. The Bertz CT molecular complexity index is 1020. The maximum Gasteiger partial charge on any atom is 0.240 e. The van der Waals surface area contributed by atoms with Crippen LogP contribution in [0.1, 0.15) is 5.56 Å². The molecule has 0 saturated heterocycles. The zero-order valence-electron chi connectivity index (χ0n) is 13.2. The standard InChI is InChI=1S/C17H14Cl2N2O3S/c1-24-17-7-6-14-15(19)8-13(9-16(14)21-17)25(22,23)20-10-11-2-4-12(18)5-3-11/h2-9,20H,10H2,1H3. The van der Waals surface area contributed by atoms with Gasteiger partial charge < -0.3 is 4.74 Å². The molecule has 1 aromatic heterocycles. The third-order valence-electron chi connectivity index (χ3n) is 3.60. The number of sulfonamides is 1. The van der Waals surface area contributed by atoms with Crippen LogP contribution >= 0.6 is 23.2 Å². The summed E-state index contributed by atoms with van der Waals surface area (Å²) in [6.07, 6.45) is 0. The summed E-state index contributed by atoms with van der Waals surface area (Å²) in [7, 11) is -2.26. The molecular weight excluding hydrogens is 383 g/mol. The highest BCUT2D eigenvalue weighted by Crippen LogP contribution is 2.28. The van der Waals surface area contributed by atoms with Gasteiger partial charge in [0.05, 0.1) is 22.5 Å². The Morgan fingerprint density at radius 1 is 1.08 bits per heavy atom.